The van der Waals surface area contributed by atoms with Crippen LogP contribution in [0, 0.1) is 6.92 Å². The summed E-state index contributed by atoms with van der Waals surface area (Å²) in [6.07, 6.45) is 0.269. The highest BCUT2D eigenvalue weighted by Gasteiger charge is 2.10. The van der Waals surface area contributed by atoms with Crippen molar-refractivity contribution >= 4 is 0 Å². The summed E-state index contributed by atoms with van der Waals surface area (Å²) >= 11 is 0. The van der Waals surface area contributed by atoms with Crippen molar-refractivity contribution in [3.63, 3.8) is 0 Å². The van der Waals surface area contributed by atoms with Crippen LogP contribution in [-0.4, -0.2) is 43.4 Å². The number of methoxy groups -OCH3 is 1. The molecule has 0 aliphatic carbocycles. The number of rotatable bonds is 7. The number of hydrogen-bond acceptors (Lipinski definition) is 4. The second kappa shape index (κ2) is 7.36. The van der Waals surface area contributed by atoms with Crippen molar-refractivity contribution in [3.05, 3.63) is 29.3 Å². The van der Waals surface area contributed by atoms with Crippen LogP contribution in [0.4, 0.5) is 0 Å². The lowest BCUT2D eigenvalue weighted by Crippen LogP contribution is -2.30. The van der Waals surface area contributed by atoms with Crippen LogP contribution in [0.1, 0.15) is 17.5 Å². The van der Waals surface area contributed by atoms with E-state index in [0.29, 0.717) is 19.5 Å². The molecule has 1 atom stereocenters. The molecule has 102 valence electrons. The number of aliphatic hydroxyl groups excluding tert-OH is 1. The minimum Gasteiger partial charge on any atom is -0.496 e. The van der Waals surface area contributed by atoms with Crippen LogP contribution >= 0.6 is 0 Å². The molecule has 3 N–H and O–H groups in total. The molecule has 1 unspecified atom stereocenters. The summed E-state index contributed by atoms with van der Waals surface area (Å²) in [5, 5.41) is 9.73. The smallest absolute Gasteiger partial charge is 0.123 e. The number of nitrogens with zero attached hydrogens (tertiary/aromatic N) is 1. The number of aryl methyl sites for hydroxylation is 1. The van der Waals surface area contributed by atoms with Crippen molar-refractivity contribution in [1.82, 2.24) is 4.90 Å². The minimum atomic E-state index is -0.365. The molecule has 0 saturated carbocycles. The Bertz CT molecular complexity index is 369. The number of ether oxygens (including phenoxy) is 1. The first-order valence-electron chi connectivity index (χ1n) is 6.27. The Balaban J connectivity index is 2.63. The lowest BCUT2D eigenvalue weighted by atomic mass is 10.1. The quantitative estimate of drug-likeness (QED) is 0.764. The number of nitrogens with two attached hydrogens (primary N) is 1. The van der Waals surface area contributed by atoms with Gasteiger partial charge in [0, 0.05) is 18.7 Å². The summed E-state index contributed by atoms with van der Waals surface area (Å²) in [4.78, 5) is 2.08. The molecule has 0 amide bonds. The Labute approximate surface area is 109 Å². The normalized spacial score (nSPS) is 12.8. The zero-order valence-corrected chi connectivity index (χ0v) is 11.5. The minimum absolute atomic E-state index is 0.365. The fraction of sp³-hybridized carbons (Fsp3) is 0.571. The highest BCUT2D eigenvalue weighted by Crippen LogP contribution is 2.21. The molecule has 1 aromatic rings. The van der Waals surface area contributed by atoms with Crippen molar-refractivity contribution in [2.24, 2.45) is 5.73 Å². The average molecular weight is 252 g/mol. The summed E-state index contributed by atoms with van der Waals surface area (Å²) in [7, 11) is 3.67. The predicted octanol–water partition coefficient (Wildman–Crippen LogP) is 1.15. The van der Waals surface area contributed by atoms with Crippen molar-refractivity contribution in [2.75, 3.05) is 27.2 Å². The number of likely N-dealkylation sites (N-methyl/N-ethyl adjacent to an activating group) is 1. The van der Waals surface area contributed by atoms with Gasteiger partial charge in [0.05, 0.1) is 13.2 Å². The molecule has 0 heterocycles. The van der Waals surface area contributed by atoms with E-state index >= 15 is 0 Å². The maximum absolute atomic E-state index is 9.73. The van der Waals surface area contributed by atoms with Crippen LogP contribution in [0.15, 0.2) is 18.2 Å². The van der Waals surface area contributed by atoms with E-state index in [1.54, 1.807) is 7.11 Å². The Morgan fingerprint density at radius 3 is 2.78 bits per heavy atom. The van der Waals surface area contributed by atoms with Crippen molar-refractivity contribution in [1.29, 1.82) is 0 Å². The van der Waals surface area contributed by atoms with E-state index in [2.05, 4.69) is 17.9 Å². The molecule has 4 nitrogen and oxygen atoms in total. The molecular weight excluding hydrogens is 228 g/mol. The number of benzene rings is 1. The number of hydrogen-bond donors (Lipinski definition) is 2. The monoisotopic (exact) mass is 252 g/mol. The van der Waals surface area contributed by atoms with Crippen molar-refractivity contribution in [2.45, 2.75) is 26.0 Å². The van der Waals surface area contributed by atoms with E-state index in [4.69, 9.17) is 10.5 Å². The van der Waals surface area contributed by atoms with Crippen molar-refractivity contribution in [3.8, 4) is 5.75 Å². The third kappa shape index (κ3) is 4.64. The summed E-state index contributed by atoms with van der Waals surface area (Å²) in [5.41, 5.74) is 7.77. The predicted molar refractivity (Wildman–Crippen MR) is 73.7 cm³/mol. The molecule has 1 aromatic carbocycles. The third-order valence-corrected chi connectivity index (χ3v) is 2.90. The van der Waals surface area contributed by atoms with Crippen LogP contribution < -0.4 is 10.5 Å². The topological polar surface area (TPSA) is 58.7 Å². The third-order valence-electron chi connectivity index (χ3n) is 2.90. The van der Waals surface area contributed by atoms with Gasteiger partial charge in [-0.2, -0.15) is 0 Å². The number of aliphatic hydroxyl groups is 1. The van der Waals surface area contributed by atoms with Crippen LogP contribution in [0.2, 0.25) is 0 Å². The lowest BCUT2D eigenvalue weighted by molar-refractivity contribution is 0.117. The molecule has 0 spiro atoms. The van der Waals surface area contributed by atoms with Gasteiger partial charge >= 0.3 is 0 Å². The molecule has 4 heteroatoms. The molecule has 0 fully saturated rings. The fourth-order valence-electron chi connectivity index (χ4n) is 2.03. The Morgan fingerprint density at radius 2 is 2.17 bits per heavy atom. The van der Waals surface area contributed by atoms with Crippen LogP contribution in [0.25, 0.3) is 0 Å². The molecule has 0 saturated heterocycles. The van der Waals surface area contributed by atoms with E-state index in [1.165, 1.54) is 5.56 Å². The van der Waals surface area contributed by atoms with Gasteiger partial charge < -0.3 is 15.6 Å². The first kappa shape index (κ1) is 15.0. The molecule has 0 bridgehead atoms. The van der Waals surface area contributed by atoms with E-state index in [0.717, 1.165) is 17.9 Å². The molecule has 1 rings (SSSR count). The van der Waals surface area contributed by atoms with Gasteiger partial charge in [-0.05, 0) is 33.0 Å². The van der Waals surface area contributed by atoms with Crippen LogP contribution in [0.5, 0.6) is 5.75 Å². The highest BCUT2D eigenvalue weighted by molar-refractivity contribution is 5.36. The summed E-state index contributed by atoms with van der Waals surface area (Å²) in [5.74, 6) is 0.890. The first-order chi connectivity index (χ1) is 8.56. The molecule has 0 aliphatic rings. The van der Waals surface area contributed by atoms with Gasteiger partial charge in [0.1, 0.15) is 5.75 Å². The second-order valence-electron chi connectivity index (χ2n) is 4.74. The maximum Gasteiger partial charge on any atom is 0.123 e. The summed E-state index contributed by atoms with van der Waals surface area (Å²) in [6, 6.07) is 6.13. The maximum atomic E-state index is 9.73. The Kier molecular flexibility index (Phi) is 6.12. The van der Waals surface area contributed by atoms with Crippen LogP contribution in [0.3, 0.4) is 0 Å². The Morgan fingerprint density at radius 1 is 1.44 bits per heavy atom. The van der Waals surface area contributed by atoms with Gasteiger partial charge in [0.15, 0.2) is 0 Å². The second-order valence-corrected chi connectivity index (χ2v) is 4.74. The van der Waals surface area contributed by atoms with E-state index in [9.17, 15) is 5.11 Å². The lowest BCUT2D eigenvalue weighted by Gasteiger charge is -2.21. The average Bonchev–Trinajstić information content (AvgIpc) is 2.29. The first-order valence-corrected chi connectivity index (χ1v) is 6.27. The van der Waals surface area contributed by atoms with Gasteiger partial charge in [0.25, 0.3) is 0 Å². The van der Waals surface area contributed by atoms with E-state index in [1.807, 2.05) is 19.2 Å². The SMILES string of the molecule is COc1ccc(C)cc1CN(C)CC(O)CCN. The Hall–Kier alpha value is -1.10. The summed E-state index contributed by atoms with van der Waals surface area (Å²) in [6.45, 7) is 3.95. The molecule has 0 aliphatic heterocycles. The van der Waals surface area contributed by atoms with Gasteiger partial charge in [-0.25, -0.2) is 0 Å². The molecule has 18 heavy (non-hydrogen) atoms. The zero-order chi connectivity index (χ0) is 13.5. The fourth-order valence-corrected chi connectivity index (χ4v) is 2.03. The van der Waals surface area contributed by atoms with Gasteiger partial charge in [-0.15, -0.1) is 0 Å². The summed E-state index contributed by atoms with van der Waals surface area (Å²) < 4.78 is 5.34. The highest BCUT2D eigenvalue weighted by atomic mass is 16.5. The van der Waals surface area contributed by atoms with Crippen LogP contribution in [-0.2, 0) is 6.54 Å². The van der Waals surface area contributed by atoms with Gasteiger partial charge in [-0.1, -0.05) is 17.7 Å². The standard InChI is InChI=1S/C14H24N2O2/c1-11-4-5-14(18-3)12(8-11)9-16(2)10-13(17)6-7-15/h4-5,8,13,17H,6-7,9-10,15H2,1-3H3. The molecular formula is C14H24N2O2. The molecule has 0 radical (unpaired) electrons. The van der Waals surface area contributed by atoms with Gasteiger partial charge in [-0.3, -0.25) is 4.90 Å². The largest absolute Gasteiger partial charge is 0.496 e. The zero-order valence-electron chi connectivity index (χ0n) is 11.5. The molecule has 0 aromatic heterocycles. The van der Waals surface area contributed by atoms with E-state index < -0.39 is 0 Å². The van der Waals surface area contributed by atoms with E-state index in [-0.39, 0.29) is 6.10 Å². The van der Waals surface area contributed by atoms with Crippen molar-refractivity contribution < 1.29 is 9.84 Å². The van der Waals surface area contributed by atoms with Gasteiger partial charge in [0.2, 0.25) is 0 Å².